The third-order valence-corrected chi connectivity index (χ3v) is 2.58. The standard InChI is InChI=1S/C13H26N2O5/c1-3-5-11(10-12(16)17)15-13(18)14-6-4-7-20-9-8-19-2/h11H,3-10H2,1-2H3,(H,16,17)(H2,14,15,18). The van der Waals surface area contributed by atoms with Crippen molar-refractivity contribution in [3.8, 4) is 0 Å². The van der Waals surface area contributed by atoms with Crippen LogP contribution in [0, 0.1) is 0 Å². The lowest BCUT2D eigenvalue weighted by atomic mass is 10.1. The number of carboxylic acid groups (broad SMARTS) is 1. The van der Waals surface area contributed by atoms with Crippen LogP contribution in [0.15, 0.2) is 0 Å². The number of amides is 2. The fourth-order valence-electron chi connectivity index (χ4n) is 1.64. The van der Waals surface area contributed by atoms with Crippen LogP contribution >= 0.6 is 0 Å². The first-order valence-corrected chi connectivity index (χ1v) is 6.93. The van der Waals surface area contributed by atoms with Crippen molar-refractivity contribution in [1.82, 2.24) is 10.6 Å². The zero-order chi connectivity index (χ0) is 15.2. The van der Waals surface area contributed by atoms with E-state index in [0.717, 1.165) is 6.42 Å². The molecule has 0 aromatic rings. The van der Waals surface area contributed by atoms with Gasteiger partial charge in [-0.15, -0.1) is 0 Å². The molecule has 7 heteroatoms. The molecular weight excluding hydrogens is 264 g/mol. The van der Waals surface area contributed by atoms with Crippen LogP contribution in [0.1, 0.15) is 32.6 Å². The number of methoxy groups -OCH3 is 1. The van der Waals surface area contributed by atoms with E-state index in [4.69, 9.17) is 14.6 Å². The largest absolute Gasteiger partial charge is 0.481 e. The second-order valence-corrected chi connectivity index (χ2v) is 4.44. The maximum atomic E-state index is 11.6. The summed E-state index contributed by atoms with van der Waals surface area (Å²) in [6, 6.07) is -0.656. The highest BCUT2D eigenvalue weighted by Gasteiger charge is 2.14. The molecular formula is C13H26N2O5. The summed E-state index contributed by atoms with van der Waals surface area (Å²) in [4.78, 5) is 22.2. The Morgan fingerprint density at radius 3 is 2.60 bits per heavy atom. The Labute approximate surface area is 120 Å². The number of carbonyl (C=O) groups excluding carboxylic acids is 1. The predicted molar refractivity (Wildman–Crippen MR) is 74.8 cm³/mol. The van der Waals surface area contributed by atoms with Gasteiger partial charge in [-0.3, -0.25) is 4.79 Å². The van der Waals surface area contributed by atoms with Crippen molar-refractivity contribution >= 4 is 12.0 Å². The minimum absolute atomic E-state index is 0.0542. The maximum Gasteiger partial charge on any atom is 0.315 e. The second-order valence-electron chi connectivity index (χ2n) is 4.44. The summed E-state index contributed by atoms with van der Waals surface area (Å²) in [5.41, 5.74) is 0. The van der Waals surface area contributed by atoms with Gasteiger partial charge in [-0.05, 0) is 12.8 Å². The first kappa shape index (κ1) is 18.7. The molecule has 0 aromatic carbocycles. The number of aliphatic carboxylic acids is 1. The number of rotatable bonds is 12. The summed E-state index contributed by atoms with van der Waals surface area (Å²) in [7, 11) is 1.61. The van der Waals surface area contributed by atoms with Crippen LogP contribution in [0.2, 0.25) is 0 Å². The summed E-state index contributed by atoms with van der Waals surface area (Å²) in [5, 5.41) is 14.1. The Morgan fingerprint density at radius 1 is 1.25 bits per heavy atom. The van der Waals surface area contributed by atoms with E-state index in [1.54, 1.807) is 7.11 Å². The molecule has 118 valence electrons. The van der Waals surface area contributed by atoms with E-state index in [2.05, 4.69) is 10.6 Å². The van der Waals surface area contributed by atoms with E-state index < -0.39 is 5.97 Å². The average molecular weight is 290 g/mol. The lowest BCUT2D eigenvalue weighted by Crippen LogP contribution is -2.43. The highest BCUT2D eigenvalue weighted by molar-refractivity contribution is 5.75. The van der Waals surface area contributed by atoms with E-state index in [1.807, 2.05) is 6.92 Å². The van der Waals surface area contributed by atoms with Gasteiger partial charge >= 0.3 is 12.0 Å². The molecule has 0 fully saturated rings. The monoisotopic (exact) mass is 290 g/mol. The SMILES string of the molecule is CCCC(CC(=O)O)NC(=O)NCCCOCCOC. The molecule has 0 saturated heterocycles. The minimum Gasteiger partial charge on any atom is -0.481 e. The number of carbonyl (C=O) groups is 2. The number of hydrogen-bond acceptors (Lipinski definition) is 4. The van der Waals surface area contributed by atoms with Gasteiger partial charge < -0.3 is 25.2 Å². The topological polar surface area (TPSA) is 96.9 Å². The number of nitrogens with one attached hydrogen (secondary N) is 2. The molecule has 0 aliphatic carbocycles. The molecule has 0 spiro atoms. The van der Waals surface area contributed by atoms with E-state index in [9.17, 15) is 9.59 Å². The van der Waals surface area contributed by atoms with E-state index in [-0.39, 0.29) is 18.5 Å². The van der Waals surface area contributed by atoms with Crippen molar-refractivity contribution in [1.29, 1.82) is 0 Å². The first-order valence-electron chi connectivity index (χ1n) is 6.93. The van der Waals surface area contributed by atoms with Gasteiger partial charge in [-0.25, -0.2) is 4.79 Å². The Balaban J connectivity index is 3.66. The van der Waals surface area contributed by atoms with Gasteiger partial charge in [0.2, 0.25) is 0 Å². The number of urea groups is 1. The van der Waals surface area contributed by atoms with Crippen LogP contribution in [-0.2, 0) is 14.3 Å². The van der Waals surface area contributed by atoms with Crippen molar-refractivity contribution in [2.45, 2.75) is 38.6 Å². The fourth-order valence-corrected chi connectivity index (χ4v) is 1.64. The molecule has 0 bridgehead atoms. The van der Waals surface area contributed by atoms with Crippen LogP contribution in [0.25, 0.3) is 0 Å². The second kappa shape index (κ2) is 12.7. The molecule has 0 aliphatic rings. The third-order valence-electron chi connectivity index (χ3n) is 2.58. The zero-order valence-corrected chi connectivity index (χ0v) is 12.3. The molecule has 0 aliphatic heterocycles. The normalized spacial score (nSPS) is 11.9. The maximum absolute atomic E-state index is 11.6. The third kappa shape index (κ3) is 11.7. The molecule has 20 heavy (non-hydrogen) atoms. The Kier molecular flexibility index (Phi) is 11.8. The summed E-state index contributed by atoms with van der Waals surface area (Å²) in [5.74, 6) is -0.907. The highest BCUT2D eigenvalue weighted by atomic mass is 16.5. The molecule has 3 N–H and O–H groups in total. The zero-order valence-electron chi connectivity index (χ0n) is 12.3. The Bertz CT molecular complexity index is 273. The van der Waals surface area contributed by atoms with Crippen molar-refractivity contribution < 1.29 is 24.2 Å². The van der Waals surface area contributed by atoms with Crippen molar-refractivity contribution in [3.05, 3.63) is 0 Å². The molecule has 2 amide bonds. The van der Waals surface area contributed by atoms with Crippen LogP contribution in [0.5, 0.6) is 0 Å². The molecule has 7 nitrogen and oxygen atoms in total. The van der Waals surface area contributed by atoms with Gasteiger partial charge in [-0.2, -0.15) is 0 Å². The summed E-state index contributed by atoms with van der Waals surface area (Å²) < 4.78 is 10.1. The highest BCUT2D eigenvalue weighted by Crippen LogP contribution is 2.01. The van der Waals surface area contributed by atoms with Crippen LogP contribution in [-0.4, -0.2) is 56.6 Å². The van der Waals surface area contributed by atoms with Crippen LogP contribution < -0.4 is 10.6 Å². The summed E-state index contributed by atoms with van der Waals surface area (Å²) in [6.45, 7) is 4.09. The van der Waals surface area contributed by atoms with E-state index in [1.165, 1.54) is 0 Å². The average Bonchev–Trinajstić information content (AvgIpc) is 2.37. The Morgan fingerprint density at radius 2 is 2.00 bits per heavy atom. The summed E-state index contributed by atoms with van der Waals surface area (Å²) in [6.07, 6.45) is 2.13. The summed E-state index contributed by atoms with van der Waals surface area (Å²) >= 11 is 0. The molecule has 1 unspecified atom stereocenters. The van der Waals surface area contributed by atoms with Crippen LogP contribution in [0.3, 0.4) is 0 Å². The lowest BCUT2D eigenvalue weighted by molar-refractivity contribution is -0.137. The molecule has 1 atom stereocenters. The van der Waals surface area contributed by atoms with E-state index >= 15 is 0 Å². The van der Waals surface area contributed by atoms with Gasteiger partial charge in [0.1, 0.15) is 0 Å². The number of ether oxygens (including phenoxy) is 2. The predicted octanol–water partition coefficient (Wildman–Crippen LogP) is 0.982. The molecule has 0 aromatic heterocycles. The smallest absolute Gasteiger partial charge is 0.315 e. The molecule has 0 saturated carbocycles. The van der Waals surface area contributed by atoms with Gasteiger partial charge in [0.15, 0.2) is 0 Å². The lowest BCUT2D eigenvalue weighted by Gasteiger charge is -2.16. The van der Waals surface area contributed by atoms with Gasteiger partial charge in [0.25, 0.3) is 0 Å². The van der Waals surface area contributed by atoms with Gasteiger partial charge in [-0.1, -0.05) is 13.3 Å². The molecule has 0 rings (SSSR count). The quantitative estimate of drug-likeness (QED) is 0.466. The minimum atomic E-state index is -0.907. The van der Waals surface area contributed by atoms with Crippen LogP contribution in [0.4, 0.5) is 4.79 Å². The number of carboxylic acids is 1. The van der Waals surface area contributed by atoms with Crippen molar-refractivity contribution in [3.63, 3.8) is 0 Å². The fraction of sp³-hybridized carbons (Fsp3) is 0.846. The number of hydrogen-bond donors (Lipinski definition) is 3. The molecule has 0 heterocycles. The van der Waals surface area contributed by atoms with Gasteiger partial charge in [0, 0.05) is 26.3 Å². The van der Waals surface area contributed by atoms with Crippen molar-refractivity contribution in [2.24, 2.45) is 0 Å². The first-order chi connectivity index (χ1) is 9.60. The molecule has 0 radical (unpaired) electrons. The Hall–Kier alpha value is -1.34. The van der Waals surface area contributed by atoms with Gasteiger partial charge in [0.05, 0.1) is 19.6 Å². The van der Waals surface area contributed by atoms with Crippen molar-refractivity contribution in [2.75, 3.05) is 33.5 Å². The van der Waals surface area contributed by atoms with E-state index in [0.29, 0.717) is 39.2 Å².